The van der Waals surface area contributed by atoms with E-state index in [9.17, 15) is 0 Å². The lowest BCUT2D eigenvalue weighted by Gasteiger charge is -2.10. The topological polar surface area (TPSA) is 44.1 Å². The van der Waals surface area contributed by atoms with Gasteiger partial charge in [0.25, 0.3) is 0 Å². The molecule has 0 saturated heterocycles. The lowest BCUT2D eigenvalue weighted by atomic mass is 9.96. The first-order chi connectivity index (χ1) is 6.09. The van der Waals surface area contributed by atoms with Crippen molar-refractivity contribution in [3.05, 3.63) is 29.8 Å². The molecule has 1 aromatic rings. The zero-order valence-corrected chi connectivity index (χ0v) is 8.04. The number of hydrogen-bond donors (Lipinski definition) is 2. The fraction of sp³-hybridized carbons (Fsp3) is 0.364. The minimum Gasteiger partial charge on any atom is -0.508 e. The Morgan fingerprint density at radius 2 is 1.92 bits per heavy atom. The van der Waals surface area contributed by atoms with Gasteiger partial charge in [-0.05, 0) is 37.0 Å². The van der Waals surface area contributed by atoms with Gasteiger partial charge in [0.15, 0.2) is 0 Å². The highest BCUT2D eigenvalue weighted by atomic mass is 16.3. The Balaban J connectivity index is 2.71. The molecular formula is C11H15NO. The van der Waals surface area contributed by atoms with Gasteiger partial charge in [-0.1, -0.05) is 19.1 Å². The van der Waals surface area contributed by atoms with E-state index in [4.69, 9.17) is 10.5 Å². The average molecular weight is 177 g/mol. The third-order valence-electron chi connectivity index (χ3n) is 2.07. The summed E-state index contributed by atoms with van der Waals surface area (Å²) in [6.07, 6.45) is 0.783. The van der Waals surface area contributed by atoms with Crippen LogP contribution >= 0.6 is 0 Å². The quantitative estimate of drug-likeness (QED) is 0.685. The average Bonchev–Trinajstić information content (AvgIpc) is 2.04. The lowest BCUT2D eigenvalue weighted by Crippen LogP contribution is -1.99. The second kappa shape index (κ2) is 4.08. The number of benzene rings is 1. The highest BCUT2D eigenvalue weighted by Gasteiger charge is 2.05. The number of rotatable bonds is 3. The fourth-order valence-corrected chi connectivity index (χ4v) is 1.38. The van der Waals surface area contributed by atoms with Crippen LogP contribution in [0.15, 0.2) is 24.3 Å². The number of phenols is 1. The van der Waals surface area contributed by atoms with E-state index in [1.165, 1.54) is 5.56 Å². The van der Waals surface area contributed by atoms with Crippen molar-refractivity contribution >= 4 is 5.71 Å². The van der Waals surface area contributed by atoms with E-state index >= 15 is 0 Å². The van der Waals surface area contributed by atoms with Crippen LogP contribution in [0.2, 0.25) is 0 Å². The molecule has 1 rings (SSSR count). The number of phenolic OH excluding ortho intramolecular Hbond substituents is 1. The van der Waals surface area contributed by atoms with Crippen LogP contribution in [0.1, 0.15) is 31.7 Å². The second-order valence-corrected chi connectivity index (χ2v) is 3.48. The molecule has 70 valence electrons. The second-order valence-electron chi connectivity index (χ2n) is 3.48. The first kappa shape index (κ1) is 9.78. The van der Waals surface area contributed by atoms with E-state index in [-0.39, 0.29) is 0 Å². The molecule has 0 radical (unpaired) electrons. The van der Waals surface area contributed by atoms with Crippen molar-refractivity contribution in [1.29, 1.82) is 5.41 Å². The van der Waals surface area contributed by atoms with Crippen LogP contribution in [0.4, 0.5) is 0 Å². The molecule has 1 atom stereocenters. The molecule has 0 amide bonds. The van der Waals surface area contributed by atoms with E-state index < -0.39 is 0 Å². The van der Waals surface area contributed by atoms with E-state index in [0.717, 1.165) is 6.42 Å². The Labute approximate surface area is 78.7 Å². The zero-order valence-electron chi connectivity index (χ0n) is 8.04. The largest absolute Gasteiger partial charge is 0.508 e. The number of nitrogens with one attached hydrogen (secondary N) is 1. The van der Waals surface area contributed by atoms with Crippen molar-refractivity contribution in [2.45, 2.75) is 26.2 Å². The summed E-state index contributed by atoms with van der Waals surface area (Å²) < 4.78 is 0. The van der Waals surface area contributed by atoms with Crippen LogP contribution in [0.5, 0.6) is 5.75 Å². The minimum atomic E-state index is 0.294. The van der Waals surface area contributed by atoms with Crippen LogP contribution in [-0.4, -0.2) is 10.8 Å². The Bertz CT molecular complexity index is 289. The van der Waals surface area contributed by atoms with E-state index in [1.54, 1.807) is 12.1 Å². The molecule has 2 nitrogen and oxygen atoms in total. The summed E-state index contributed by atoms with van der Waals surface area (Å²) >= 11 is 0. The van der Waals surface area contributed by atoms with Crippen molar-refractivity contribution in [3.63, 3.8) is 0 Å². The Morgan fingerprint density at radius 1 is 1.38 bits per heavy atom. The van der Waals surface area contributed by atoms with Gasteiger partial charge in [0, 0.05) is 5.71 Å². The van der Waals surface area contributed by atoms with Gasteiger partial charge >= 0.3 is 0 Å². The molecule has 0 bridgehead atoms. The summed E-state index contributed by atoms with van der Waals surface area (Å²) in [5.74, 6) is 0.653. The lowest BCUT2D eigenvalue weighted by molar-refractivity contribution is 0.475. The van der Waals surface area contributed by atoms with Crippen LogP contribution in [0.3, 0.4) is 0 Å². The normalized spacial score (nSPS) is 12.5. The van der Waals surface area contributed by atoms with Gasteiger partial charge in [-0.3, -0.25) is 0 Å². The highest BCUT2D eigenvalue weighted by molar-refractivity contribution is 5.79. The summed E-state index contributed by atoms with van der Waals surface area (Å²) in [6.45, 7) is 3.90. The summed E-state index contributed by atoms with van der Waals surface area (Å²) in [5.41, 5.74) is 1.87. The molecule has 2 heteroatoms. The predicted octanol–water partition coefficient (Wildman–Crippen LogP) is 2.93. The Hall–Kier alpha value is -1.31. The predicted molar refractivity (Wildman–Crippen MR) is 54.5 cm³/mol. The molecule has 0 aliphatic carbocycles. The van der Waals surface area contributed by atoms with Crippen LogP contribution in [0, 0.1) is 5.41 Å². The van der Waals surface area contributed by atoms with E-state index in [2.05, 4.69) is 6.92 Å². The van der Waals surface area contributed by atoms with Gasteiger partial charge in [0.05, 0.1) is 0 Å². The summed E-state index contributed by atoms with van der Waals surface area (Å²) in [7, 11) is 0. The molecule has 0 saturated carbocycles. The smallest absolute Gasteiger partial charge is 0.115 e. The molecule has 0 spiro atoms. The van der Waals surface area contributed by atoms with Gasteiger partial charge in [-0.15, -0.1) is 0 Å². The zero-order chi connectivity index (χ0) is 9.84. The SMILES string of the molecule is CC(=N)CC(C)c1ccc(O)cc1. The Morgan fingerprint density at radius 3 is 2.38 bits per heavy atom. The van der Waals surface area contributed by atoms with E-state index in [0.29, 0.717) is 17.4 Å². The van der Waals surface area contributed by atoms with Crippen molar-refractivity contribution in [3.8, 4) is 5.75 Å². The molecule has 0 aromatic heterocycles. The number of aromatic hydroxyl groups is 1. The van der Waals surface area contributed by atoms with Gasteiger partial charge in [-0.2, -0.15) is 0 Å². The van der Waals surface area contributed by atoms with Crippen LogP contribution in [-0.2, 0) is 0 Å². The van der Waals surface area contributed by atoms with Crippen molar-refractivity contribution in [2.24, 2.45) is 0 Å². The van der Waals surface area contributed by atoms with E-state index in [1.807, 2.05) is 19.1 Å². The third kappa shape index (κ3) is 2.90. The monoisotopic (exact) mass is 177 g/mol. The third-order valence-corrected chi connectivity index (χ3v) is 2.07. The van der Waals surface area contributed by atoms with Crippen molar-refractivity contribution in [2.75, 3.05) is 0 Å². The van der Waals surface area contributed by atoms with Crippen molar-refractivity contribution < 1.29 is 5.11 Å². The highest BCUT2D eigenvalue weighted by Crippen LogP contribution is 2.21. The van der Waals surface area contributed by atoms with Gasteiger partial charge in [0.2, 0.25) is 0 Å². The summed E-state index contributed by atoms with van der Waals surface area (Å²) in [6, 6.07) is 7.18. The standard InChI is InChI=1S/C11H15NO/c1-8(7-9(2)12)10-3-5-11(13)6-4-10/h3-6,8,12-13H,7H2,1-2H3. The van der Waals surface area contributed by atoms with Gasteiger partial charge < -0.3 is 10.5 Å². The molecule has 1 aromatic carbocycles. The molecule has 0 heterocycles. The molecular weight excluding hydrogens is 162 g/mol. The maximum atomic E-state index is 9.08. The maximum absolute atomic E-state index is 9.08. The molecule has 0 aliphatic heterocycles. The van der Waals surface area contributed by atoms with Gasteiger partial charge in [0.1, 0.15) is 5.75 Å². The van der Waals surface area contributed by atoms with Gasteiger partial charge in [-0.25, -0.2) is 0 Å². The first-order valence-electron chi connectivity index (χ1n) is 4.42. The minimum absolute atomic E-state index is 0.294. The van der Waals surface area contributed by atoms with Crippen molar-refractivity contribution in [1.82, 2.24) is 0 Å². The Kier molecular flexibility index (Phi) is 3.07. The number of hydrogen-bond acceptors (Lipinski definition) is 2. The molecule has 13 heavy (non-hydrogen) atoms. The molecule has 0 aliphatic rings. The maximum Gasteiger partial charge on any atom is 0.115 e. The molecule has 1 unspecified atom stereocenters. The summed E-state index contributed by atoms with van der Waals surface area (Å²) in [4.78, 5) is 0. The molecule has 0 fully saturated rings. The van der Waals surface area contributed by atoms with Crippen LogP contribution < -0.4 is 0 Å². The molecule has 2 N–H and O–H groups in total. The fourth-order valence-electron chi connectivity index (χ4n) is 1.38. The van der Waals surface area contributed by atoms with Crippen LogP contribution in [0.25, 0.3) is 0 Å². The summed E-state index contributed by atoms with van der Waals surface area (Å²) in [5, 5.41) is 16.4. The first-order valence-corrected chi connectivity index (χ1v) is 4.42.